The monoisotopic (exact) mass is 328 g/mol. The van der Waals surface area contributed by atoms with Crippen molar-refractivity contribution in [3.63, 3.8) is 0 Å². The summed E-state index contributed by atoms with van der Waals surface area (Å²) in [5.74, 6) is 0. The minimum Gasteiger partial charge on any atom is -0.371 e. The molecule has 0 aliphatic carbocycles. The van der Waals surface area contributed by atoms with Crippen LogP contribution in [0.15, 0.2) is 36.4 Å². The molecule has 2 nitrogen and oxygen atoms in total. The molecule has 0 saturated heterocycles. The highest BCUT2D eigenvalue weighted by Crippen LogP contribution is 2.20. The molecule has 0 bridgehead atoms. The summed E-state index contributed by atoms with van der Waals surface area (Å²) in [6, 6.07) is 13.6. The molecule has 2 aromatic carbocycles. The molecule has 0 aliphatic heterocycles. The number of rotatable bonds is 8. The molecule has 0 radical (unpaired) electrons. The fourth-order valence-corrected chi connectivity index (χ4v) is 3.14. The summed E-state index contributed by atoms with van der Waals surface area (Å²) >= 11 is 0. The van der Waals surface area contributed by atoms with E-state index in [9.17, 15) is 0 Å². The van der Waals surface area contributed by atoms with Crippen molar-refractivity contribution < 1.29 is 9.64 Å². The van der Waals surface area contributed by atoms with Gasteiger partial charge in [0.25, 0.3) is 0 Å². The third-order valence-electron chi connectivity index (χ3n) is 4.30. The molecule has 0 aromatic heterocycles. The number of quaternary nitrogens is 1. The average Bonchev–Trinajstić information content (AvgIpc) is 2.52. The maximum absolute atomic E-state index is 5.89. The van der Waals surface area contributed by atoms with E-state index in [1.54, 1.807) is 4.90 Å². The van der Waals surface area contributed by atoms with Crippen molar-refractivity contribution in [3.8, 4) is 0 Å². The highest BCUT2D eigenvalue weighted by atomic mass is 16.5. The normalized spacial score (nSPS) is 12.2. The van der Waals surface area contributed by atoms with Gasteiger partial charge in [-0.2, -0.15) is 0 Å². The topological polar surface area (TPSA) is 13.7 Å². The fourth-order valence-electron chi connectivity index (χ4n) is 3.14. The number of nitrogens with one attached hydrogen (secondary N) is 1. The second-order valence-electron chi connectivity index (χ2n) is 7.84. The van der Waals surface area contributed by atoms with Crippen LogP contribution in [-0.2, 0) is 17.9 Å². The van der Waals surface area contributed by atoms with Gasteiger partial charge in [-0.1, -0.05) is 38.1 Å². The van der Waals surface area contributed by atoms with Gasteiger partial charge in [0.1, 0.15) is 6.54 Å². The van der Waals surface area contributed by atoms with Crippen molar-refractivity contribution in [2.75, 3.05) is 13.1 Å². The molecule has 0 amide bonds. The van der Waals surface area contributed by atoms with Crippen LogP contribution < -0.4 is 4.90 Å². The number of hydrogen-bond donors (Lipinski definition) is 1. The molecule has 2 aromatic rings. The lowest BCUT2D eigenvalue weighted by atomic mass is 10.0. The SMILES string of the molecule is CCC[NH+](CCC)Cc1ccc2cc(COC(C)(C)C)ccc2c1. The van der Waals surface area contributed by atoms with Gasteiger partial charge < -0.3 is 9.64 Å². The molecule has 1 N–H and O–H groups in total. The summed E-state index contributed by atoms with van der Waals surface area (Å²) in [5, 5.41) is 2.64. The molecule has 0 saturated carbocycles. The third-order valence-corrected chi connectivity index (χ3v) is 4.30. The molecule has 24 heavy (non-hydrogen) atoms. The van der Waals surface area contributed by atoms with Gasteiger partial charge in [-0.3, -0.25) is 0 Å². The van der Waals surface area contributed by atoms with Gasteiger partial charge in [0.15, 0.2) is 0 Å². The quantitative estimate of drug-likeness (QED) is 0.760. The predicted molar refractivity (Wildman–Crippen MR) is 103 cm³/mol. The van der Waals surface area contributed by atoms with Gasteiger partial charge in [-0.15, -0.1) is 0 Å². The highest BCUT2D eigenvalue weighted by molar-refractivity contribution is 5.83. The zero-order valence-corrected chi connectivity index (χ0v) is 16.1. The first kappa shape index (κ1) is 19.0. The standard InChI is InChI=1S/C22H33NO/c1-6-12-23(13-7-2)16-18-8-10-21-15-19(9-11-20(21)14-18)17-24-22(3,4)5/h8-11,14-15H,6-7,12-13,16-17H2,1-5H3/p+1. The van der Waals surface area contributed by atoms with E-state index in [4.69, 9.17) is 4.74 Å². The van der Waals surface area contributed by atoms with Crippen LogP contribution >= 0.6 is 0 Å². The molecular weight excluding hydrogens is 294 g/mol. The Morgan fingerprint density at radius 1 is 0.833 bits per heavy atom. The maximum atomic E-state index is 5.89. The first-order valence-electron chi connectivity index (χ1n) is 9.40. The van der Waals surface area contributed by atoms with E-state index in [1.165, 1.54) is 47.8 Å². The lowest BCUT2D eigenvalue weighted by molar-refractivity contribution is -0.914. The predicted octanol–water partition coefficient (Wildman–Crippen LogP) is 4.36. The molecule has 0 aliphatic rings. The van der Waals surface area contributed by atoms with E-state index < -0.39 is 0 Å². The molecule has 0 heterocycles. The van der Waals surface area contributed by atoms with E-state index in [-0.39, 0.29) is 5.60 Å². The Balaban J connectivity index is 2.11. The van der Waals surface area contributed by atoms with E-state index in [0.717, 1.165) is 6.54 Å². The van der Waals surface area contributed by atoms with Gasteiger partial charge >= 0.3 is 0 Å². The van der Waals surface area contributed by atoms with Gasteiger partial charge in [0.2, 0.25) is 0 Å². The van der Waals surface area contributed by atoms with E-state index in [2.05, 4.69) is 71.0 Å². The Hall–Kier alpha value is -1.38. The van der Waals surface area contributed by atoms with Crippen LogP contribution in [0.1, 0.15) is 58.6 Å². The first-order chi connectivity index (χ1) is 11.4. The Kier molecular flexibility index (Phi) is 6.82. The summed E-state index contributed by atoms with van der Waals surface area (Å²) < 4.78 is 5.89. The van der Waals surface area contributed by atoms with Crippen LogP contribution in [-0.4, -0.2) is 18.7 Å². The smallest absolute Gasteiger partial charge is 0.103 e. The van der Waals surface area contributed by atoms with E-state index >= 15 is 0 Å². The minimum atomic E-state index is -0.0936. The zero-order chi connectivity index (χ0) is 17.6. The van der Waals surface area contributed by atoms with Crippen molar-refractivity contribution in [1.82, 2.24) is 0 Å². The summed E-state index contributed by atoms with van der Waals surface area (Å²) in [4.78, 5) is 1.69. The number of hydrogen-bond acceptors (Lipinski definition) is 1. The average molecular weight is 329 g/mol. The molecule has 2 rings (SSSR count). The Bertz CT molecular complexity index is 636. The molecule has 132 valence electrons. The van der Waals surface area contributed by atoms with Crippen LogP contribution in [0, 0.1) is 0 Å². The van der Waals surface area contributed by atoms with Crippen molar-refractivity contribution in [3.05, 3.63) is 47.5 Å². The van der Waals surface area contributed by atoms with Crippen molar-refractivity contribution in [1.29, 1.82) is 0 Å². The highest BCUT2D eigenvalue weighted by Gasteiger charge is 2.11. The van der Waals surface area contributed by atoms with Crippen molar-refractivity contribution >= 4 is 10.8 Å². The fraction of sp³-hybridized carbons (Fsp3) is 0.545. The summed E-state index contributed by atoms with van der Waals surface area (Å²) in [7, 11) is 0. The molecular formula is C22H34NO+. The van der Waals surface area contributed by atoms with Crippen LogP contribution in [0.5, 0.6) is 0 Å². The Morgan fingerprint density at radius 2 is 1.38 bits per heavy atom. The molecule has 0 atom stereocenters. The summed E-state index contributed by atoms with van der Waals surface area (Å²) in [5.41, 5.74) is 2.59. The molecule has 0 fully saturated rings. The second kappa shape index (κ2) is 8.64. The van der Waals surface area contributed by atoms with Crippen molar-refractivity contribution in [2.24, 2.45) is 0 Å². The van der Waals surface area contributed by atoms with Crippen LogP contribution in [0.25, 0.3) is 10.8 Å². The number of fused-ring (bicyclic) bond motifs is 1. The lowest BCUT2D eigenvalue weighted by Gasteiger charge is -2.20. The summed E-state index contributed by atoms with van der Waals surface area (Å²) in [6.45, 7) is 15.2. The minimum absolute atomic E-state index is 0.0936. The largest absolute Gasteiger partial charge is 0.371 e. The van der Waals surface area contributed by atoms with E-state index in [1.807, 2.05) is 0 Å². The Morgan fingerprint density at radius 3 is 1.92 bits per heavy atom. The number of benzene rings is 2. The second-order valence-corrected chi connectivity index (χ2v) is 7.84. The van der Waals surface area contributed by atoms with Crippen LogP contribution in [0.2, 0.25) is 0 Å². The number of ether oxygens (including phenoxy) is 1. The summed E-state index contributed by atoms with van der Waals surface area (Å²) in [6.07, 6.45) is 2.50. The van der Waals surface area contributed by atoms with Crippen LogP contribution in [0.3, 0.4) is 0 Å². The lowest BCUT2D eigenvalue weighted by Crippen LogP contribution is -3.10. The molecule has 0 spiro atoms. The van der Waals surface area contributed by atoms with Gasteiger partial charge in [-0.25, -0.2) is 0 Å². The molecule has 2 heteroatoms. The first-order valence-corrected chi connectivity index (χ1v) is 9.40. The third kappa shape index (κ3) is 5.92. The van der Waals surface area contributed by atoms with Crippen LogP contribution in [0.4, 0.5) is 0 Å². The Labute approximate surface area is 147 Å². The van der Waals surface area contributed by atoms with Gasteiger partial charge in [0, 0.05) is 5.56 Å². The van der Waals surface area contributed by atoms with Crippen molar-refractivity contribution in [2.45, 2.75) is 66.2 Å². The maximum Gasteiger partial charge on any atom is 0.103 e. The van der Waals surface area contributed by atoms with E-state index in [0.29, 0.717) is 6.61 Å². The van der Waals surface area contributed by atoms with Gasteiger partial charge in [-0.05, 0) is 62.1 Å². The molecule has 0 unspecified atom stereocenters. The van der Waals surface area contributed by atoms with Gasteiger partial charge in [0.05, 0.1) is 25.3 Å². The zero-order valence-electron chi connectivity index (χ0n) is 16.1.